The quantitative estimate of drug-likeness (QED) is 0.565. The first kappa shape index (κ1) is 15.1. The summed E-state index contributed by atoms with van der Waals surface area (Å²) in [7, 11) is 3.18. The fourth-order valence-electron chi connectivity index (χ4n) is 3.13. The van der Waals surface area contributed by atoms with Gasteiger partial charge in [0.2, 0.25) is 0 Å². The van der Waals surface area contributed by atoms with Crippen molar-refractivity contribution >= 4 is 10.9 Å². The van der Waals surface area contributed by atoms with Crippen molar-refractivity contribution in [2.75, 3.05) is 0 Å². The molecule has 0 bridgehead atoms. The second kappa shape index (κ2) is 5.59. The maximum Gasteiger partial charge on any atom is 0.330 e. The van der Waals surface area contributed by atoms with Gasteiger partial charge in [-0.3, -0.25) is 18.9 Å². The maximum absolute atomic E-state index is 12.9. The van der Waals surface area contributed by atoms with E-state index in [-0.39, 0.29) is 11.2 Å². The molecule has 3 heterocycles. The van der Waals surface area contributed by atoms with Crippen molar-refractivity contribution in [3.05, 3.63) is 81.9 Å². The van der Waals surface area contributed by atoms with Gasteiger partial charge in [0.25, 0.3) is 5.56 Å². The van der Waals surface area contributed by atoms with E-state index in [0.717, 1.165) is 21.5 Å². The monoisotopic (exact) mass is 332 g/mol. The number of aromatic nitrogens is 4. The molecular formula is C19H16N4O2. The molecule has 6 heteroatoms. The number of nitrogens with zero attached hydrogens (tertiary/aromatic N) is 4. The van der Waals surface area contributed by atoms with Crippen LogP contribution in [0.4, 0.5) is 0 Å². The van der Waals surface area contributed by atoms with E-state index in [9.17, 15) is 9.59 Å². The lowest BCUT2D eigenvalue weighted by Crippen LogP contribution is -2.36. The van der Waals surface area contributed by atoms with Gasteiger partial charge in [-0.15, -0.1) is 0 Å². The first-order valence-corrected chi connectivity index (χ1v) is 7.86. The molecule has 4 aromatic rings. The molecular weight excluding hydrogens is 316 g/mol. The van der Waals surface area contributed by atoms with Crippen molar-refractivity contribution in [2.24, 2.45) is 14.1 Å². The normalized spacial score (nSPS) is 11.1. The van der Waals surface area contributed by atoms with Crippen LogP contribution in [-0.4, -0.2) is 18.7 Å². The Morgan fingerprint density at radius 2 is 1.56 bits per heavy atom. The summed E-state index contributed by atoms with van der Waals surface area (Å²) in [5.41, 5.74) is 2.50. The predicted octanol–water partition coefficient (Wildman–Crippen LogP) is 2.09. The van der Waals surface area contributed by atoms with Gasteiger partial charge in [0, 0.05) is 38.4 Å². The minimum absolute atomic E-state index is 0.301. The van der Waals surface area contributed by atoms with Crippen LogP contribution in [0.1, 0.15) is 0 Å². The number of rotatable bonds is 2. The molecule has 0 saturated heterocycles. The minimum Gasteiger partial charge on any atom is -0.313 e. The average Bonchev–Trinajstić information content (AvgIpc) is 3.07. The Hall–Kier alpha value is -3.41. The molecule has 0 saturated carbocycles. The number of fused-ring (bicyclic) bond motifs is 1. The zero-order valence-electron chi connectivity index (χ0n) is 13.9. The zero-order valence-corrected chi connectivity index (χ0v) is 13.9. The van der Waals surface area contributed by atoms with E-state index in [1.807, 2.05) is 53.2 Å². The van der Waals surface area contributed by atoms with Crippen molar-refractivity contribution in [1.29, 1.82) is 0 Å². The Balaban J connectivity index is 2.23. The van der Waals surface area contributed by atoms with E-state index in [1.54, 1.807) is 19.4 Å². The van der Waals surface area contributed by atoms with Crippen molar-refractivity contribution in [3.63, 3.8) is 0 Å². The molecule has 0 aliphatic heterocycles. The number of hydrogen-bond acceptors (Lipinski definition) is 3. The molecule has 0 aliphatic carbocycles. The fourth-order valence-corrected chi connectivity index (χ4v) is 3.13. The number of pyridine rings is 1. The molecule has 0 aliphatic rings. The third-order valence-electron chi connectivity index (χ3n) is 4.43. The summed E-state index contributed by atoms with van der Waals surface area (Å²) >= 11 is 0. The fraction of sp³-hybridized carbons (Fsp3) is 0.105. The van der Waals surface area contributed by atoms with Gasteiger partial charge in [0.05, 0.1) is 16.6 Å². The lowest BCUT2D eigenvalue weighted by molar-refractivity contribution is 0.714. The largest absolute Gasteiger partial charge is 0.330 e. The molecule has 0 N–H and O–H groups in total. The molecule has 0 atom stereocenters. The lowest BCUT2D eigenvalue weighted by Gasteiger charge is -2.09. The summed E-state index contributed by atoms with van der Waals surface area (Å²) in [6.07, 6.45) is 5.23. The Kier molecular flexibility index (Phi) is 3.39. The van der Waals surface area contributed by atoms with Crippen LogP contribution >= 0.6 is 0 Å². The Bertz CT molecular complexity index is 1190. The summed E-state index contributed by atoms with van der Waals surface area (Å²) in [5, 5.41) is 0.521. The van der Waals surface area contributed by atoms with Gasteiger partial charge in [-0.1, -0.05) is 30.3 Å². The highest BCUT2D eigenvalue weighted by atomic mass is 16.2. The van der Waals surface area contributed by atoms with Gasteiger partial charge < -0.3 is 4.57 Å². The maximum atomic E-state index is 12.9. The molecule has 0 amide bonds. The van der Waals surface area contributed by atoms with Crippen molar-refractivity contribution in [2.45, 2.75) is 0 Å². The highest BCUT2D eigenvalue weighted by Crippen LogP contribution is 2.30. The minimum atomic E-state index is -0.344. The third kappa shape index (κ3) is 2.22. The summed E-state index contributed by atoms with van der Waals surface area (Å²) < 4.78 is 4.58. The van der Waals surface area contributed by atoms with Gasteiger partial charge in [0.1, 0.15) is 0 Å². The van der Waals surface area contributed by atoms with Gasteiger partial charge in [-0.25, -0.2) is 4.79 Å². The molecule has 0 unspecified atom stereocenters. The first-order chi connectivity index (χ1) is 12.1. The Labute approximate surface area is 143 Å². The molecule has 6 nitrogen and oxygen atoms in total. The standard InChI is InChI=1S/C19H16N4O2/c1-21-15-12-23(14-8-10-20-11-9-14)17(13-6-4-3-5-7-13)16(15)18(24)22(2)19(21)25/h3-12H,1-2H3. The van der Waals surface area contributed by atoms with Crippen LogP contribution in [0, 0.1) is 0 Å². The topological polar surface area (TPSA) is 61.8 Å². The SMILES string of the molecule is Cn1c(=O)c2c(-c3ccccc3)n(-c3ccncc3)cc2n(C)c1=O. The Morgan fingerprint density at radius 3 is 2.24 bits per heavy atom. The molecule has 4 rings (SSSR count). The molecule has 124 valence electrons. The van der Waals surface area contributed by atoms with E-state index in [1.165, 1.54) is 11.6 Å². The van der Waals surface area contributed by atoms with Crippen LogP contribution in [0.25, 0.3) is 27.8 Å². The predicted molar refractivity (Wildman–Crippen MR) is 97.0 cm³/mol. The Morgan fingerprint density at radius 1 is 0.880 bits per heavy atom. The number of benzene rings is 1. The first-order valence-electron chi connectivity index (χ1n) is 7.86. The van der Waals surface area contributed by atoms with Crippen LogP contribution in [0.2, 0.25) is 0 Å². The van der Waals surface area contributed by atoms with E-state index in [2.05, 4.69) is 4.98 Å². The van der Waals surface area contributed by atoms with Crippen LogP contribution in [0.3, 0.4) is 0 Å². The lowest BCUT2D eigenvalue weighted by atomic mass is 10.1. The van der Waals surface area contributed by atoms with Crippen LogP contribution in [0.15, 0.2) is 70.6 Å². The van der Waals surface area contributed by atoms with E-state index >= 15 is 0 Å². The van der Waals surface area contributed by atoms with Crippen molar-refractivity contribution < 1.29 is 0 Å². The summed E-state index contributed by atoms with van der Waals surface area (Å²) in [6.45, 7) is 0. The molecule has 0 radical (unpaired) electrons. The van der Waals surface area contributed by atoms with Gasteiger partial charge >= 0.3 is 5.69 Å². The van der Waals surface area contributed by atoms with Gasteiger partial charge in [-0.2, -0.15) is 0 Å². The zero-order chi connectivity index (χ0) is 17.6. The van der Waals surface area contributed by atoms with E-state index < -0.39 is 0 Å². The average molecular weight is 332 g/mol. The second-order valence-corrected chi connectivity index (χ2v) is 5.89. The smallest absolute Gasteiger partial charge is 0.313 e. The second-order valence-electron chi connectivity index (χ2n) is 5.89. The summed E-state index contributed by atoms with van der Waals surface area (Å²) in [5.74, 6) is 0. The van der Waals surface area contributed by atoms with Crippen molar-refractivity contribution in [3.8, 4) is 16.9 Å². The van der Waals surface area contributed by atoms with Crippen LogP contribution < -0.4 is 11.2 Å². The molecule has 25 heavy (non-hydrogen) atoms. The number of aryl methyl sites for hydroxylation is 1. The summed E-state index contributed by atoms with van der Waals surface area (Å²) in [6, 6.07) is 13.4. The van der Waals surface area contributed by atoms with Crippen molar-refractivity contribution in [1.82, 2.24) is 18.7 Å². The molecule has 1 aromatic carbocycles. The molecule has 3 aromatic heterocycles. The van der Waals surface area contributed by atoms with Gasteiger partial charge in [-0.05, 0) is 17.7 Å². The van der Waals surface area contributed by atoms with Crippen LogP contribution in [0.5, 0.6) is 0 Å². The molecule has 0 spiro atoms. The number of hydrogen-bond donors (Lipinski definition) is 0. The third-order valence-corrected chi connectivity index (χ3v) is 4.43. The van der Waals surface area contributed by atoms with Crippen LogP contribution in [-0.2, 0) is 14.1 Å². The van der Waals surface area contributed by atoms with E-state index in [4.69, 9.17) is 0 Å². The van der Waals surface area contributed by atoms with E-state index in [0.29, 0.717) is 10.9 Å². The highest BCUT2D eigenvalue weighted by Gasteiger charge is 2.19. The molecule has 0 fully saturated rings. The van der Waals surface area contributed by atoms with Gasteiger partial charge in [0.15, 0.2) is 0 Å². The summed E-state index contributed by atoms with van der Waals surface area (Å²) in [4.78, 5) is 29.2. The highest BCUT2D eigenvalue weighted by molar-refractivity contribution is 5.94.